The zero-order valence-electron chi connectivity index (χ0n) is 28.2. The number of benzene rings is 4. The average molecular weight is 707 g/mol. The van der Waals surface area contributed by atoms with Crippen LogP contribution in [0.4, 0.5) is 11.4 Å². The molecule has 1 fully saturated rings. The number of H-pyrrole nitrogens is 1. The molecule has 1 aliphatic heterocycles. The van der Waals surface area contributed by atoms with Crippen molar-refractivity contribution in [2.45, 2.75) is 68.9 Å². The van der Waals surface area contributed by atoms with Crippen molar-refractivity contribution >= 4 is 35.0 Å². The fourth-order valence-electron chi connectivity index (χ4n) is 5.91. The van der Waals surface area contributed by atoms with Gasteiger partial charge in [0.15, 0.2) is 11.4 Å². The minimum Gasteiger partial charge on any atom is -0.397 e. The SMILES string of the molecule is Nc1ccccc1NC(=O)CCCCC(=O)NCc1ccccc1-c1ccc([C@H]2O[C@@H](CSc3ncn[nH]3)C[C@@H](c3ccc(CO)cc3)O2)cc1. The average Bonchev–Trinajstić information content (AvgIpc) is 3.70. The summed E-state index contributed by atoms with van der Waals surface area (Å²) in [5.74, 6) is 0.497. The molecule has 0 aliphatic carbocycles. The first-order chi connectivity index (χ1) is 24.9. The standard InChI is InChI=1S/C39H42N6O5S/c40-33-9-3-4-10-34(33)44-37(48)12-6-5-11-36(47)41-22-30-7-1-2-8-32(30)27-17-19-29(20-18-27)38-49-31(24-51-39-42-25-43-45-39)21-35(50-38)28-15-13-26(23-46)14-16-28/h1-4,7-10,13-20,25,31,35,38,46H,5-6,11-12,21-24,40H2,(H,41,47)(H,44,48)(H,42,43,45)/t31-,35+,38+/m1/s1. The summed E-state index contributed by atoms with van der Waals surface area (Å²) in [5.41, 5.74) is 12.8. The lowest BCUT2D eigenvalue weighted by Gasteiger charge is -2.36. The van der Waals surface area contributed by atoms with Crippen molar-refractivity contribution in [3.8, 4) is 11.1 Å². The molecule has 11 nitrogen and oxygen atoms in total. The van der Waals surface area contributed by atoms with E-state index in [2.05, 4.69) is 37.9 Å². The second-order valence-corrected chi connectivity index (χ2v) is 13.4. The molecule has 3 atom stereocenters. The fraction of sp³-hybridized carbons (Fsp3) is 0.282. The Morgan fingerprint density at radius 1 is 0.882 bits per heavy atom. The minimum absolute atomic E-state index is 0.0101. The number of nitrogen functional groups attached to an aromatic ring is 1. The number of nitrogens with zero attached hydrogens (tertiary/aromatic N) is 2. The molecular weight excluding hydrogens is 665 g/mol. The third-order valence-corrected chi connectivity index (χ3v) is 9.70. The number of nitrogens with two attached hydrogens (primary N) is 1. The fourth-order valence-corrected chi connectivity index (χ4v) is 6.71. The van der Waals surface area contributed by atoms with Gasteiger partial charge in [-0.3, -0.25) is 14.7 Å². The number of anilines is 2. The molecule has 2 heterocycles. The number of rotatable bonds is 15. The predicted molar refractivity (Wildman–Crippen MR) is 197 cm³/mol. The molecule has 264 valence electrons. The number of hydrogen-bond acceptors (Lipinski definition) is 9. The topological polar surface area (TPSA) is 164 Å². The Hall–Kier alpha value is -5.01. The van der Waals surface area contributed by atoms with Crippen LogP contribution in [0.15, 0.2) is 109 Å². The van der Waals surface area contributed by atoms with Gasteiger partial charge in [0.05, 0.1) is 30.2 Å². The maximum atomic E-state index is 12.7. The molecular formula is C39H42N6O5S. The normalized spacial score (nSPS) is 17.2. The number of aromatic amines is 1. The number of aliphatic hydroxyl groups is 1. The van der Waals surface area contributed by atoms with Gasteiger partial charge in [-0.1, -0.05) is 96.7 Å². The van der Waals surface area contributed by atoms with Gasteiger partial charge in [-0.25, -0.2) is 4.98 Å². The summed E-state index contributed by atoms with van der Waals surface area (Å²) in [6.45, 7) is 0.379. The van der Waals surface area contributed by atoms with Crippen LogP contribution in [-0.2, 0) is 32.2 Å². The van der Waals surface area contributed by atoms with E-state index < -0.39 is 6.29 Å². The van der Waals surface area contributed by atoms with E-state index in [-0.39, 0.29) is 30.6 Å². The van der Waals surface area contributed by atoms with Gasteiger partial charge in [-0.2, -0.15) is 5.10 Å². The molecule has 5 aromatic rings. The smallest absolute Gasteiger partial charge is 0.224 e. The highest BCUT2D eigenvalue weighted by Crippen LogP contribution is 2.39. The molecule has 0 saturated carbocycles. The Morgan fingerprint density at radius 2 is 1.61 bits per heavy atom. The molecule has 12 heteroatoms. The first-order valence-corrected chi connectivity index (χ1v) is 18.0. The van der Waals surface area contributed by atoms with Gasteiger partial charge in [-0.15, -0.1) is 0 Å². The Bertz CT molecular complexity index is 1870. The van der Waals surface area contributed by atoms with Crippen LogP contribution in [-0.4, -0.2) is 44.0 Å². The first-order valence-electron chi connectivity index (χ1n) is 17.0. The molecule has 0 spiro atoms. The van der Waals surface area contributed by atoms with Gasteiger partial charge in [0.1, 0.15) is 6.33 Å². The monoisotopic (exact) mass is 706 g/mol. The van der Waals surface area contributed by atoms with Crippen molar-refractivity contribution < 1.29 is 24.2 Å². The molecule has 2 amide bonds. The van der Waals surface area contributed by atoms with E-state index in [1.165, 1.54) is 6.33 Å². The summed E-state index contributed by atoms with van der Waals surface area (Å²) in [4.78, 5) is 29.2. The number of para-hydroxylation sites is 2. The van der Waals surface area contributed by atoms with Gasteiger partial charge in [0.2, 0.25) is 11.8 Å². The molecule has 6 rings (SSSR count). The highest BCUT2D eigenvalue weighted by Gasteiger charge is 2.32. The number of hydrogen-bond donors (Lipinski definition) is 5. The summed E-state index contributed by atoms with van der Waals surface area (Å²) >= 11 is 1.56. The highest BCUT2D eigenvalue weighted by atomic mass is 32.2. The lowest BCUT2D eigenvalue weighted by molar-refractivity contribution is -0.245. The Balaban J connectivity index is 1.04. The van der Waals surface area contributed by atoms with Crippen LogP contribution < -0.4 is 16.4 Å². The summed E-state index contributed by atoms with van der Waals surface area (Å²) in [6.07, 6.45) is 3.16. The maximum absolute atomic E-state index is 12.7. The van der Waals surface area contributed by atoms with Crippen molar-refractivity contribution in [2.75, 3.05) is 16.8 Å². The number of nitrogens with one attached hydrogen (secondary N) is 3. The van der Waals surface area contributed by atoms with Gasteiger partial charge in [0, 0.05) is 37.1 Å². The third-order valence-electron chi connectivity index (χ3n) is 8.69. The number of thioether (sulfide) groups is 1. The maximum Gasteiger partial charge on any atom is 0.224 e. The van der Waals surface area contributed by atoms with E-state index in [1.54, 1.807) is 23.9 Å². The van der Waals surface area contributed by atoms with Crippen molar-refractivity contribution in [3.05, 3.63) is 126 Å². The van der Waals surface area contributed by atoms with Crippen molar-refractivity contribution in [2.24, 2.45) is 0 Å². The number of amides is 2. The van der Waals surface area contributed by atoms with Gasteiger partial charge < -0.3 is 30.9 Å². The van der Waals surface area contributed by atoms with Crippen LogP contribution in [0, 0.1) is 0 Å². The summed E-state index contributed by atoms with van der Waals surface area (Å²) in [7, 11) is 0. The number of aromatic nitrogens is 3. The van der Waals surface area contributed by atoms with Crippen LogP contribution in [0.3, 0.4) is 0 Å². The van der Waals surface area contributed by atoms with Crippen LogP contribution in [0.1, 0.15) is 66.8 Å². The Morgan fingerprint density at radius 3 is 2.35 bits per heavy atom. The molecule has 6 N–H and O–H groups in total. The molecule has 4 aromatic carbocycles. The zero-order valence-corrected chi connectivity index (χ0v) is 29.0. The van der Waals surface area contributed by atoms with Crippen molar-refractivity contribution in [3.63, 3.8) is 0 Å². The zero-order chi connectivity index (χ0) is 35.4. The van der Waals surface area contributed by atoms with E-state index in [1.807, 2.05) is 72.8 Å². The predicted octanol–water partition coefficient (Wildman–Crippen LogP) is 6.70. The van der Waals surface area contributed by atoms with Crippen molar-refractivity contribution in [1.29, 1.82) is 0 Å². The van der Waals surface area contributed by atoms with Crippen LogP contribution >= 0.6 is 11.8 Å². The molecule has 1 saturated heterocycles. The Labute approximate surface area is 301 Å². The van der Waals surface area contributed by atoms with E-state index in [9.17, 15) is 14.7 Å². The van der Waals surface area contributed by atoms with Gasteiger partial charge in [0.25, 0.3) is 0 Å². The summed E-state index contributed by atoms with van der Waals surface area (Å²) in [6, 6.07) is 31.1. The van der Waals surface area contributed by atoms with E-state index in [0.29, 0.717) is 55.8 Å². The van der Waals surface area contributed by atoms with E-state index in [0.717, 1.165) is 38.5 Å². The second-order valence-electron chi connectivity index (χ2n) is 12.4. The van der Waals surface area contributed by atoms with Crippen LogP contribution in [0.5, 0.6) is 0 Å². The second kappa shape index (κ2) is 17.8. The van der Waals surface area contributed by atoms with Crippen LogP contribution in [0.2, 0.25) is 0 Å². The minimum atomic E-state index is -0.576. The number of unbranched alkanes of at least 4 members (excludes halogenated alkanes) is 1. The van der Waals surface area contributed by atoms with Gasteiger partial charge >= 0.3 is 0 Å². The number of carbonyl (C=O) groups excluding carboxylic acids is 2. The van der Waals surface area contributed by atoms with E-state index in [4.69, 9.17) is 15.2 Å². The highest BCUT2D eigenvalue weighted by molar-refractivity contribution is 7.99. The third kappa shape index (κ3) is 10.0. The summed E-state index contributed by atoms with van der Waals surface area (Å²) in [5, 5.41) is 22.9. The molecule has 1 aliphatic rings. The largest absolute Gasteiger partial charge is 0.397 e. The molecule has 1 aromatic heterocycles. The number of aliphatic hydroxyl groups excluding tert-OH is 1. The number of ether oxygens (including phenoxy) is 2. The lowest BCUT2D eigenvalue weighted by Crippen LogP contribution is -2.31. The quantitative estimate of drug-likeness (QED) is 0.0453. The molecule has 0 bridgehead atoms. The van der Waals surface area contributed by atoms with Gasteiger partial charge in [-0.05, 0) is 52.8 Å². The Kier molecular flexibility index (Phi) is 12.5. The first kappa shape index (κ1) is 35.8. The van der Waals surface area contributed by atoms with Crippen LogP contribution in [0.25, 0.3) is 11.1 Å². The molecule has 0 radical (unpaired) electrons. The molecule has 0 unspecified atom stereocenters. The lowest BCUT2D eigenvalue weighted by atomic mass is 9.97. The van der Waals surface area contributed by atoms with Crippen molar-refractivity contribution in [1.82, 2.24) is 20.5 Å². The number of carbonyl (C=O) groups is 2. The summed E-state index contributed by atoms with van der Waals surface area (Å²) < 4.78 is 13.0. The molecule has 51 heavy (non-hydrogen) atoms. The van der Waals surface area contributed by atoms with E-state index >= 15 is 0 Å².